The van der Waals surface area contributed by atoms with Crippen LogP contribution in [0, 0.1) is 5.92 Å². The van der Waals surface area contributed by atoms with Gasteiger partial charge in [-0.25, -0.2) is 0 Å². The molecule has 3 aromatic rings. The van der Waals surface area contributed by atoms with E-state index in [0.29, 0.717) is 18.9 Å². The van der Waals surface area contributed by atoms with E-state index >= 15 is 0 Å². The predicted octanol–water partition coefficient (Wildman–Crippen LogP) is 9.41. The molecule has 1 fully saturated rings. The average molecular weight is 654 g/mol. The first-order chi connectivity index (χ1) is 23.1. The summed E-state index contributed by atoms with van der Waals surface area (Å²) in [6.45, 7) is 8.97. The standard InChI is InChI=1S/C41H51NO6/c1-5-6-25-46-39(44)23-24-40(45)47-30-20-17-28(18-21-30)15-16-29-19-22-34(41(2,3)4)35(26-29)42-38(43)27-33-31-11-7-9-13-36(31)48-37-14-10-8-12-32(33)37/h7-14,19,22,26,28,30,33H,5-6,15-18,20-21,23-25,27H2,1-4H3,(H,42,43). The molecule has 2 aliphatic rings. The van der Waals surface area contributed by atoms with Gasteiger partial charge >= 0.3 is 11.9 Å². The lowest BCUT2D eigenvalue weighted by atomic mass is 9.82. The molecule has 0 atom stereocenters. The Balaban J connectivity index is 1.15. The summed E-state index contributed by atoms with van der Waals surface area (Å²) < 4.78 is 17.0. The number of benzene rings is 3. The molecule has 7 nitrogen and oxygen atoms in total. The van der Waals surface area contributed by atoms with Gasteiger partial charge in [0.05, 0.1) is 19.4 Å². The molecule has 1 heterocycles. The van der Waals surface area contributed by atoms with E-state index in [2.05, 4.69) is 56.4 Å². The SMILES string of the molecule is CCCCOC(=O)CCC(=O)OC1CCC(CCc2ccc(C(C)(C)C)c(NC(=O)CC3c4ccccc4Oc4ccccc43)c2)CC1. The van der Waals surface area contributed by atoms with Crippen molar-refractivity contribution in [2.45, 2.75) is 116 Å². The van der Waals surface area contributed by atoms with Crippen LogP contribution in [0.15, 0.2) is 66.7 Å². The molecule has 7 heteroatoms. The van der Waals surface area contributed by atoms with Gasteiger partial charge in [-0.15, -0.1) is 0 Å². The van der Waals surface area contributed by atoms with E-state index in [4.69, 9.17) is 14.2 Å². The lowest BCUT2D eigenvalue weighted by Gasteiger charge is -2.29. The van der Waals surface area contributed by atoms with Crippen molar-refractivity contribution < 1.29 is 28.6 Å². The van der Waals surface area contributed by atoms with Crippen molar-refractivity contribution in [3.63, 3.8) is 0 Å². The maximum Gasteiger partial charge on any atom is 0.306 e. The highest BCUT2D eigenvalue weighted by molar-refractivity contribution is 5.93. The summed E-state index contributed by atoms with van der Waals surface area (Å²) in [6, 6.07) is 22.5. The van der Waals surface area contributed by atoms with E-state index < -0.39 is 0 Å². The van der Waals surface area contributed by atoms with Crippen LogP contribution in [0.4, 0.5) is 5.69 Å². The number of hydrogen-bond donors (Lipinski definition) is 1. The summed E-state index contributed by atoms with van der Waals surface area (Å²) in [5.41, 5.74) is 5.13. The molecule has 0 bridgehead atoms. The number of amides is 1. The molecule has 1 amide bonds. The van der Waals surface area contributed by atoms with Gasteiger partial charge in [0.2, 0.25) is 5.91 Å². The van der Waals surface area contributed by atoms with Gasteiger partial charge in [-0.2, -0.15) is 0 Å². The van der Waals surface area contributed by atoms with Gasteiger partial charge in [0.1, 0.15) is 17.6 Å². The molecule has 0 aromatic heterocycles. The molecule has 1 aliphatic carbocycles. The Bertz CT molecular complexity index is 1520. The summed E-state index contributed by atoms with van der Waals surface area (Å²) in [5.74, 6) is 1.41. The third kappa shape index (κ3) is 9.48. The average Bonchev–Trinajstić information content (AvgIpc) is 3.06. The predicted molar refractivity (Wildman–Crippen MR) is 188 cm³/mol. The third-order valence-corrected chi connectivity index (χ3v) is 9.59. The van der Waals surface area contributed by atoms with Gasteiger partial charge in [0.15, 0.2) is 0 Å². The lowest BCUT2D eigenvalue weighted by molar-refractivity contribution is -0.155. The zero-order valence-corrected chi connectivity index (χ0v) is 29.0. The second kappa shape index (κ2) is 16.3. The number of fused-ring (bicyclic) bond motifs is 2. The van der Waals surface area contributed by atoms with Crippen molar-refractivity contribution >= 4 is 23.5 Å². The van der Waals surface area contributed by atoms with Crippen molar-refractivity contribution in [3.05, 3.63) is 89.0 Å². The number of rotatable bonds is 13. The number of carbonyl (C=O) groups excluding carboxylic acids is 3. The maximum atomic E-state index is 13.7. The largest absolute Gasteiger partial charge is 0.466 e. The zero-order valence-electron chi connectivity index (χ0n) is 29.0. The minimum atomic E-state index is -0.335. The van der Waals surface area contributed by atoms with Gasteiger partial charge in [-0.1, -0.05) is 82.6 Å². The summed E-state index contributed by atoms with van der Waals surface area (Å²) in [6.07, 6.45) is 7.87. The molecular weight excluding hydrogens is 602 g/mol. The number of carbonyl (C=O) groups is 3. The van der Waals surface area contributed by atoms with Crippen LogP contribution in [-0.2, 0) is 35.7 Å². The lowest BCUT2D eigenvalue weighted by Crippen LogP contribution is -2.25. The smallest absolute Gasteiger partial charge is 0.306 e. The van der Waals surface area contributed by atoms with Crippen LogP contribution in [-0.4, -0.2) is 30.6 Å². The van der Waals surface area contributed by atoms with Crippen molar-refractivity contribution in [2.24, 2.45) is 5.92 Å². The number of esters is 2. The van der Waals surface area contributed by atoms with Crippen LogP contribution >= 0.6 is 0 Å². The first-order valence-electron chi connectivity index (χ1n) is 17.7. The van der Waals surface area contributed by atoms with Crippen LogP contribution in [0.3, 0.4) is 0 Å². The van der Waals surface area contributed by atoms with Gasteiger partial charge in [-0.3, -0.25) is 14.4 Å². The zero-order chi connectivity index (χ0) is 34.1. The van der Waals surface area contributed by atoms with Crippen molar-refractivity contribution in [2.75, 3.05) is 11.9 Å². The first-order valence-corrected chi connectivity index (χ1v) is 17.7. The minimum absolute atomic E-state index is 0.0181. The molecule has 48 heavy (non-hydrogen) atoms. The molecule has 3 aromatic carbocycles. The Morgan fingerprint density at radius 1 is 0.854 bits per heavy atom. The Morgan fingerprint density at radius 3 is 2.15 bits per heavy atom. The second-order valence-electron chi connectivity index (χ2n) is 14.4. The van der Waals surface area contributed by atoms with E-state index in [-0.39, 0.29) is 48.1 Å². The Labute approximate surface area is 285 Å². The fourth-order valence-electron chi connectivity index (χ4n) is 6.88. The molecule has 1 N–H and O–H groups in total. The summed E-state index contributed by atoms with van der Waals surface area (Å²) in [7, 11) is 0. The second-order valence-corrected chi connectivity index (χ2v) is 14.4. The monoisotopic (exact) mass is 653 g/mol. The van der Waals surface area contributed by atoms with Crippen molar-refractivity contribution in [1.82, 2.24) is 0 Å². The number of nitrogens with one attached hydrogen (secondary N) is 1. The van der Waals surface area contributed by atoms with E-state index in [1.54, 1.807) is 0 Å². The number of ether oxygens (including phenoxy) is 3. The van der Waals surface area contributed by atoms with Gasteiger partial charge in [0, 0.05) is 29.2 Å². The van der Waals surface area contributed by atoms with Crippen LogP contribution in [0.25, 0.3) is 0 Å². The minimum Gasteiger partial charge on any atom is -0.466 e. The Morgan fingerprint density at radius 2 is 1.50 bits per heavy atom. The van der Waals surface area contributed by atoms with Crippen LogP contribution < -0.4 is 10.1 Å². The topological polar surface area (TPSA) is 90.9 Å². The number of hydrogen-bond acceptors (Lipinski definition) is 6. The van der Waals surface area contributed by atoms with Gasteiger partial charge < -0.3 is 19.5 Å². The number of unbranched alkanes of at least 4 members (excludes halogenated alkanes) is 1. The molecule has 1 saturated carbocycles. The number of aryl methyl sites for hydroxylation is 1. The van der Waals surface area contributed by atoms with Crippen molar-refractivity contribution in [1.29, 1.82) is 0 Å². The fraction of sp³-hybridized carbons (Fsp3) is 0.488. The van der Waals surface area contributed by atoms with Crippen molar-refractivity contribution in [3.8, 4) is 11.5 Å². The van der Waals surface area contributed by atoms with Gasteiger partial charge in [0.25, 0.3) is 0 Å². The van der Waals surface area contributed by atoms with Crippen LogP contribution in [0.5, 0.6) is 11.5 Å². The highest BCUT2D eigenvalue weighted by Gasteiger charge is 2.30. The molecule has 256 valence electrons. The number of anilines is 1. The van der Waals surface area contributed by atoms with Crippen LogP contribution in [0.1, 0.15) is 120 Å². The molecule has 0 radical (unpaired) electrons. The first kappa shape index (κ1) is 35.2. The number of para-hydroxylation sites is 2. The van der Waals surface area contributed by atoms with Crippen LogP contribution in [0.2, 0.25) is 0 Å². The molecule has 0 spiro atoms. The fourth-order valence-corrected chi connectivity index (χ4v) is 6.88. The normalized spacial score (nSPS) is 17.4. The molecule has 0 saturated heterocycles. The summed E-state index contributed by atoms with van der Waals surface area (Å²) >= 11 is 0. The highest BCUT2D eigenvalue weighted by atomic mass is 16.5. The molecule has 5 rings (SSSR count). The van der Waals surface area contributed by atoms with E-state index in [1.165, 1.54) is 5.56 Å². The summed E-state index contributed by atoms with van der Waals surface area (Å²) in [4.78, 5) is 37.8. The van der Waals surface area contributed by atoms with E-state index in [9.17, 15) is 14.4 Å². The maximum absolute atomic E-state index is 13.7. The molecular formula is C41H51NO6. The third-order valence-electron chi connectivity index (χ3n) is 9.59. The van der Waals surface area contributed by atoms with E-state index in [1.807, 2.05) is 43.3 Å². The molecule has 1 aliphatic heterocycles. The Hall–Kier alpha value is -4.13. The molecule has 0 unspecified atom stereocenters. The Kier molecular flexibility index (Phi) is 12.0. The highest BCUT2D eigenvalue weighted by Crippen LogP contribution is 2.45. The quantitative estimate of drug-likeness (QED) is 0.146. The van der Waals surface area contributed by atoms with Gasteiger partial charge in [-0.05, 0) is 85.6 Å². The van der Waals surface area contributed by atoms with E-state index in [0.717, 1.165) is 85.2 Å². The summed E-state index contributed by atoms with van der Waals surface area (Å²) in [5, 5.41) is 3.30.